The van der Waals surface area contributed by atoms with Gasteiger partial charge in [-0.3, -0.25) is 9.59 Å². The summed E-state index contributed by atoms with van der Waals surface area (Å²) in [6.07, 6.45) is 5.28. The summed E-state index contributed by atoms with van der Waals surface area (Å²) in [5.41, 5.74) is 8.67. The molecule has 0 aromatic heterocycles. The van der Waals surface area contributed by atoms with Crippen molar-refractivity contribution in [1.82, 2.24) is 0 Å². The minimum absolute atomic E-state index is 0. The summed E-state index contributed by atoms with van der Waals surface area (Å²) in [5.74, 6) is 0. The van der Waals surface area contributed by atoms with E-state index < -0.39 is 10.5 Å². The molecule has 4 nitrogen and oxygen atoms in total. The quantitative estimate of drug-likeness (QED) is 0.447. The Bertz CT molecular complexity index is 128. The number of hydrogen-bond acceptors (Lipinski definition) is 2. The molecule has 0 rings (SSSR count). The van der Waals surface area contributed by atoms with Crippen LogP contribution in [0.15, 0.2) is 0 Å². The zero-order valence-corrected chi connectivity index (χ0v) is 16.6. The van der Waals surface area contributed by atoms with E-state index in [2.05, 4.69) is 64.4 Å². The number of nitrogens with two attached hydrogens (primary N) is 2. The van der Waals surface area contributed by atoms with Crippen LogP contribution in [-0.2, 0) is 0 Å². The van der Waals surface area contributed by atoms with Crippen LogP contribution in [0.2, 0.25) is 0 Å². The predicted octanol–water partition coefficient (Wildman–Crippen LogP) is 0.719. The molecule has 0 aromatic carbocycles. The molecular weight excluding hydrogens is 283 g/mol. The summed E-state index contributed by atoms with van der Waals surface area (Å²) in [5, 5.41) is -1.28. The summed E-state index contributed by atoms with van der Waals surface area (Å²) in [4.78, 5) is 18.2. The van der Waals surface area contributed by atoms with E-state index >= 15 is 0 Å². The Kier molecular flexibility index (Phi) is 65.5. The van der Waals surface area contributed by atoms with E-state index in [0.29, 0.717) is 0 Å². The van der Waals surface area contributed by atoms with Gasteiger partial charge in [-0.05, 0) is 0 Å². The fourth-order valence-corrected chi connectivity index (χ4v) is 0. The second-order valence-electron chi connectivity index (χ2n) is 2.68. The minimum atomic E-state index is -0.639. The third-order valence-corrected chi connectivity index (χ3v) is 1.000. The van der Waals surface area contributed by atoms with Crippen LogP contribution < -0.4 is 62.9 Å². The molecule has 0 heterocycles. The van der Waals surface area contributed by atoms with Crippen LogP contribution in [0.25, 0.3) is 0 Å². The molecule has 4 N–H and O–H groups in total. The van der Waals surface area contributed by atoms with E-state index in [9.17, 15) is 0 Å². The Labute approximate surface area is 161 Å². The molecule has 0 aliphatic heterocycles. The smallest absolute Gasteiger partial charge is 1.00 e. The molecule has 0 unspecified atom stereocenters. The summed E-state index contributed by atoms with van der Waals surface area (Å²) < 4.78 is 0. The van der Waals surface area contributed by atoms with Gasteiger partial charge in [0.2, 0.25) is 0 Å². The van der Waals surface area contributed by atoms with Gasteiger partial charge in [0.25, 0.3) is 10.5 Å². The van der Waals surface area contributed by atoms with Gasteiger partial charge in [-0.2, -0.15) is 0 Å². The first kappa shape index (κ1) is 30.9. The van der Waals surface area contributed by atoms with Gasteiger partial charge in [-0.25, -0.2) is 0 Å². The number of carbonyl (C=O) groups excluding carboxylic acids is 2. The molecule has 7 heteroatoms. The number of unbranched alkanes of at least 4 members (excludes halogenated alkanes) is 2. The zero-order valence-electron chi connectivity index (χ0n) is 12.7. The average molecular weight is 311 g/mol. The molecular formula is C10H27KN2O2S2. The molecule has 0 spiro atoms. The summed E-state index contributed by atoms with van der Waals surface area (Å²) in [7, 11) is 0. The largest absolute Gasteiger partial charge is 1.00 e. The van der Waals surface area contributed by atoms with Crippen LogP contribution in [-0.4, -0.2) is 10.5 Å². The predicted molar refractivity (Wildman–Crippen MR) is 79.4 cm³/mol. The topological polar surface area (TPSA) is 86.2 Å². The first-order chi connectivity index (χ1) is 7.29. The van der Waals surface area contributed by atoms with E-state index in [4.69, 9.17) is 9.59 Å². The van der Waals surface area contributed by atoms with Crippen LogP contribution in [0.3, 0.4) is 0 Å². The third-order valence-electron chi connectivity index (χ3n) is 1.000. The van der Waals surface area contributed by atoms with Crippen LogP contribution in [0, 0.1) is 0 Å². The monoisotopic (exact) mass is 310 g/mol. The first-order valence-corrected chi connectivity index (χ1v) is 6.16. The first-order valence-electron chi connectivity index (χ1n) is 5.26. The number of thiol groups is 2. The maximum absolute atomic E-state index is 9.09. The standard InChI is InChI=1S/2C4H10.2CH3NOS.K.H/c2*1-3-4-2;2*2-1(3)4;;/h2*3-4H2,1-2H3;2*(H3,2,3,4);;/q;;;;+1;-1. The molecule has 102 valence electrons. The van der Waals surface area contributed by atoms with Crippen molar-refractivity contribution in [2.24, 2.45) is 11.5 Å². The van der Waals surface area contributed by atoms with Gasteiger partial charge in [0.05, 0.1) is 0 Å². The Morgan fingerprint density at radius 3 is 0.882 bits per heavy atom. The van der Waals surface area contributed by atoms with Crippen molar-refractivity contribution in [2.75, 3.05) is 0 Å². The van der Waals surface area contributed by atoms with E-state index in [1.807, 2.05) is 0 Å². The van der Waals surface area contributed by atoms with Gasteiger partial charge in [0, 0.05) is 0 Å². The Balaban J connectivity index is -0.0000000257. The fourth-order valence-electron chi connectivity index (χ4n) is 0. The van der Waals surface area contributed by atoms with Gasteiger partial charge in [0.15, 0.2) is 0 Å². The van der Waals surface area contributed by atoms with Crippen molar-refractivity contribution in [3.63, 3.8) is 0 Å². The van der Waals surface area contributed by atoms with Gasteiger partial charge in [-0.1, -0.05) is 78.6 Å². The Morgan fingerprint density at radius 1 is 0.824 bits per heavy atom. The molecule has 0 saturated heterocycles. The molecule has 17 heavy (non-hydrogen) atoms. The van der Waals surface area contributed by atoms with Crippen LogP contribution >= 0.6 is 25.3 Å². The van der Waals surface area contributed by atoms with Crippen LogP contribution in [0.4, 0.5) is 9.59 Å². The van der Waals surface area contributed by atoms with Crippen molar-refractivity contribution in [1.29, 1.82) is 0 Å². The normalized spacial score (nSPS) is 6.47. The molecule has 0 saturated carbocycles. The number of primary amides is 2. The SMILES string of the molecule is CCCC.CCCC.NC(=O)S.NC(=O)S.[H-].[K+]. The molecule has 0 fully saturated rings. The average Bonchev–Trinajstić information content (AvgIpc) is 2.16. The molecule has 2 amide bonds. The Hall–Kier alpha value is 1.28. The fraction of sp³-hybridized carbons (Fsp3) is 0.800. The third kappa shape index (κ3) is 376. The van der Waals surface area contributed by atoms with Crippen molar-refractivity contribution in [3.05, 3.63) is 0 Å². The summed E-state index contributed by atoms with van der Waals surface area (Å²) in [6, 6.07) is 0. The molecule has 0 bridgehead atoms. The van der Waals surface area contributed by atoms with Crippen molar-refractivity contribution < 1.29 is 62.4 Å². The van der Waals surface area contributed by atoms with E-state index in [-0.39, 0.29) is 52.8 Å². The van der Waals surface area contributed by atoms with Crippen molar-refractivity contribution in [2.45, 2.75) is 53.4 Å². The molecule has 0 aromatic rings. The number of carbonyl (C=O) groups is 2. The maximum atomic E-state index is 9.09. The van der Waals surface area contributed by atoms with Crippen molar-refractivity contribution >= 4 is 35.7 Å². The van der Waals surface area contributed by atoms with Gasteiger partial charge >= 0.3 is 51.4 Å². The summed E-state index contributed by atoms with van der Waals surface area (Å²) >= 11 is 6.21. The Morgan fingerprint density at radius 2 is 0.882 bits per heavy atom. The van der Waals surface area contributed by atoms with E-state index in [1.165, 1.54) is 25.7 Å². The summed E-state index contributed by atoms with van der Waals surface area (Å²) in [6.45, 7) is 8.72. The number of amides is 2. The minimum Gasteiger partial charge on any atom is -1.00 e. The second kappa shape index (κ2) is 36.0. The number of hydrogen-bond donors (Lipinski definition) is 4. The molecule has 0 radical (unpaired) electrons. The van der Waals surface area contributed by atoms with Gasteiger partial charge < -0.3 is 12.9 Å². The van der Waals surface area contributed by atoms with E-state index in [0.717, 1.165) is 0 Å². The zero-order chi connectivity index (χ0) is 14.0. The molecule has 0 aliphatic carbocycles. The molecule has 0 aliphatic rings. The van der Waals surface area contributed by atoms with E-state index in [1.54, 1.807) is 0 Å². The van der Waals surface area contributed by atoms with Gasteiger partial charge in [0.1, 0.15) is 0 Å². The number of rotatable bonds is 2. The van der Waals surface area contributed by atoms with Gasteiger partial charge in [-0.15, -0.1) is 0 Å². The molecule has 0 atom stereocenters. The second-order valence-corrected chi connectivity index (χ2v) is 3.56. The van der Waals surface area contributed by atoms with Crippen LogP contribution in [0.5, 0.6) is 0 Å². The maximum Gasteiger partial charge on any atom is 1.00 e. The van der Waals surface area contributed by atoms with Crippen LogP contribution in [0.1, 0.15) is 54.8 Å². The van der Waals surface area contributed by atoms with Crippen molar-refractivity contribution in [3.8, 4) is 0 Å².